The number of imidazole rings is 1. The van der Waals surface area contributed by atoms with Crippen LogP contribution in [0.3, 0.4) is 0 Å². The van der Waals surface area contributed by atoms with Crippen molar-refractivity contribution in [2.24, 2.45) is 0 Å². The molecule has 0 bridgehead atoms. The molecule has 3 heterocycles. The van der Waals surface area contributed by atoms with Crippen LogP contribution in [0.4, 0.5) is 0 Å². The summed E-state index contributed by atoms with van der Waals surface area (Å²) in [5.41, 5.74) is 4.16. The second-order valence-corrected chi connectivity index (χ2v) is 9.27. The maximum Gasteiger partial charge on any atom is 0.253 e. The highest BCUT2D eigenvalue weighted by Gasteiger charge is 2.28. The Labute approximate surface area is 224 Å². The molecule has 0 radical (unpaired) electrons. The van der Waals surface area contributed by atoms with Crippen LogP contribution in [0.25, 0.3) is 10.9 Å². The summed E-state index contributed by atoms with van der Waals surface area (Å²) in [4.78, 5) is 32.1. The number of fused-ring (bicyclic) bond motifs is 1. The van der Waals surface area contributed by atoms with Crippen molar-refractivity contribution in [1.29, 1.82) is 0 Å². The molecule has 1 amide bonds. The number of amides is 1. The van der Waals surface area contributed by atoms with Crippen LogP contribution in [0.1, 0.15) is 47.2 Å². The molecule has 1 aliphatic rings. The molecule has 2 aromatic heterocycles. The van der Waals surface area contributed by atoms with Crippen LogP contribution in [0, 0.1) is 0 Å². The number of halogens is 1. The van der Waals surface area contributed by atoms with Gasteiger partial charge >= 0.3 is 0 Å². The molecule has 5 rings (SSSR count). The number of piperazine rings is 1. The van der Waals surface area contributed by atoms with Gasteiger partial charge in [0.15, 0.2) is 0 Å². The predicted molar refractivity (Wildman–Crippen MR) is 150 cm³/mol. The number of nitrogens with one attached hydrogen (secondary N) is 1. The SMILES string of the molecule is CCN(CC)C(=O)c1ccc(C(c2cccc3cccnc23)N2CCN(Cc3ncc[nH]3)CC2)cc1.Cl. The van der Waals surface area contributed by atoms with E-state index in [2.05, 4.69) is 56.2 Å². The maximum absolute atomic E-state index is 12.9. The molecule has 2 aromatic carbocycles. The third-order valence-electron chi connectivity index (χ3n) is 7.18. The highest BCUT2D eigenvalue weighted by atomic mass is 35.5. The van der Waals surface area contributed by atoms with E-state index in [-0.39, 0.29) is 24.4 Å². The lowest BCUT2D eigenvalue weighted by atomic mass is 9.93. The molecule has 1 fully saturated rings. The minimum absolute atomic E-state index is 0. The number of carbonyl (C=O) groups excluding carboxylic acids is 1. The fourth-order valence-corrected chi connectivity index (χ4v) is 5.21. The molecule has 0 saturated carbocycles. The van der Waals surface area contributed by atoms with E-state index in [1.807, 2.05) is 55.5 Å². The summed E-state index contributed by atoms with van der Waals surface area (Å²) < 4.78 is 0. The zero-order valence-corrected chi connectivity index (χ0v) is 22.3. The molecule has 37 heavy (non-hydrogen) atoms. The number of para-hydroxylation sites is 1. The molecule has 7 nitrogen and oxygen atoms in total. The molecular weight excluding hydrogens is 484 g/mol. The van der Waals surface area contributed by atoms with Crippen molar-refractivity contribution in [3.63, 3.8) is 0 Å². The van der Waals surface area contributed by atoms with Crippen LogP contribution in [0.2, 0.25) is 0 Å². The Morgan fingerprint density at radius 2 is 1.68 bits per heavy atom. The number of aromatic nitrogens is 3. The quantitative estimate of drug-likeness (QED) is 0.364. The van der Waals surface area contributed by atoms with Gasteiger partial charge in [0.25, 0.3) is 5.91 Å². The third kappa shape index (κ3) is 5.85. The van der Waals surface area contributed by atoms with E-state index in [1.54, 1.807) is 0 Å². The zero-order chi connectivity index (χ0) is 24.9. The van der Waals surface area contributed by atoms with Gasteiger partial charge in [-0.1, -0.05) is 36.4 Å². The highest BCUT2D eigenvalue weighted by Crippen LogP contribution is 2.34. The van der Waals surface area contributed by atoms with Crippen LogP contribution in [0.5, 0.6) is 0 Å². The van der Waals surface area contributed by atoms with Gasteiger partial charge in [-0.15, -0.1) is 12.4 Å². The Bertz CT molecular complexity index is 1280. The average molecular weight is 519 g/mol. The Balaban J connectivity index is 0.00000320. The first-order valence-corrected chi connectivity index (χ1v) is 12.9. The first-order chi connectivity index (χ1) is 17.7. The van der Waals surface area contributed by atoms with E-state index in [0.717, 1.165) is 55.0 Å². The van der Waals surface area contributed by atoms with Crippen molar-refractivity contribution in [3.05, 3.63) is 95.7 Å². The second kappa shape index (κ2) is 12.3. The maximum atomic E-state index is 12.9. The van der Waals surface area contributed by atoms with Crippen molar-refractivity contribution in [2.75, 3.05) is 39.3 Å². The molecule has 1 aliphatic heterocycles. The molecule has 1 unspecified atom stereocenters. The van der Waals surface area contributed by atoms with Crippen LogP contribution in [0.15, 0.2) is 73.2 Å². The Hall–Kier alpha value is -3.26. The number of nitrogens with zero attached hydrogens (tertiary/aromatic N) is 5. The lowest BCUT2D eigenvalue weighted by molar-refractivity contribution is 0.0773. The predicted octanol–water partition coefficient (Wildman–Crippen LogP) is 4.77. The number of hydrogen-bond acceptors (Lipinski definition) is 5. The molecule has 194 valence electrons. The third-order valence-corrected chi connectivity index (χ3v) is 7.18. The molecule has 0 aliphatic carbocycles. The van der Waals surface area contributed by atoms with E-state index in [1.165, 1.54) is 11.1 Å². The van der Waals surface area contributed by atoms with Gasteiger partial charge in [-0.25, -0.2) is 4.98 Å². The van der Waals surface area contributed by atoms with Gasteiger partial charge in [0.1, 0.15) is 5.82 Å². The summed E-state index contributed by atoms with van der Waals surface area (Å²) in [6.07, 6.45) is 5.56. The first-order valence-electron chi connectivity index (χ1n) is 12.9. The molecule has 4 aromatic rings. The van der Waals surface area contributed by atoms with E-state index in [0.29, 0.717) is 13.1 Å². The second-order valence-electron chi connectivity index (χ2n) is 9.27. The monoisotopic (exact) mass is 518 g/mol. The van der Waals surface area contributed by atoms with Gasteiger partial charge in [0.2, 0.25) is 0 Å². The van der Waals surface area contributed by atoms with Gasteiger partial charge in [-0.3, -0.25) is 19.6 Å². The van der Waals surface area contributed by atoms with Gasteiger partial charge < -0.3 is 9.88 Å². The number of H-pyrrole nitrogens is 1. The van der Waals surface area contributed by atoms with Crippen LogP contribution < -0.4 is 0 Å². The molecule has 1 N–H and O–H groups in total. The largest absolute Gasteiger partial charge is 0.348 e. The highest BCUT2D eigenvalue weighted by molar-refractivity contribution is 5.94. The summed E-state index contributed by atoms with van der Waals surface area (Å²) in [6.45, 7) is 10.1. The molecule has 1 atom stereocenters. The first kappa shape index (κ1) is 26.8. The van der Waals surface area contributed by atoms with Gasteiger partial charge in [-0.2, -0.15) is 0 Å². The van der Waals surface area contributed by atoms with Crippen molar-refractivity contribution in [1.82, 2.24) is 29.7 Å². The minimum Gasteiger partial charge on any atom is -0.348 e. The van der Waals surface area contributed by atoms with Crippen molar-refractivity contribution in [2.45, 2.75) is 26.4 Å². The number of hydrogen-bond donors (Lipinski definition) is 1. The average Bonchev–Trinajstić information content (AvgIpc) is 3.44. The number of carbonyl (C=O) groups is 1. The summed E-state index contributed by atoms with van der Waals surface area (Å²) >= 11 is 0. The molecular formula is C29H35ClN6O. The van der Waals surface area contributed by atoms with E-state index < -0.39 is 0 Å². The number of rotatable bonds is 8. The van der Waals surface area contributed by atoms with Crippen LogP contribution in [-0.2, 0) is 6.54 Å². The van der Waals surface area contributed by atoms with Gasteiger partial charge in [0, 0.05) is 74.4 Å². The van der Waals surface area contributed by atoms with E-state index >= 15 is 0 Å². The standard InChI is InChI=1S/C29H34N6O.ClH/c1-3-34(4-2)29(36)24-12-10-23(11-13-24)28(25-9-5-7-22-8-6-14-32-27(22)25)35-19-17-33(18-20-35)21-26-30-15-16-31-26;/h5-16,28H,3-4,17-21H2,1-2H3,(H,30,31);1H. The number of benzene rings is 2. The van der Waals surface area contributed by atoms with Crippen molar-refractivity contribution in [3.8, 4) is 0 Å². The summed E-state index contributed by atoms with van der Waals surface area (Å²) in [7, 11) is 0. The molecule has 1 saturated heterocycles. The van der Waals surface area contributed by atoms with E-state index in [9.17, 15) is 4.79 Å². The lowest BCUT2D eigenvalue weighted by Crippen LogP contribution is -2.47. The van der Waals surface area contributed by atoms with Crippen molar-refractivity contribution >= 4 is 29.2 Å². The van der Waals surface area contributed by atoms with Crippen LogP contribution in [-0.4, -0.2) is 74.8 Å². The fraction of sp³-hybridized carbons (Fsp3) is 0.345. The van der Waals surface area contributed by atoms with Crippen LogP contribution >= 0.6 is 12.4 Å². The Kier molecular flexibility index (Phi) is 8.92. The molecule has 8 heteroatoms. The summed E-state index contributed by atoms with van der Waals surface area (Å²) in [5.74, 6) is 1.09. The number of pyridine rings is 1. The van der Waals surface area contributed by atoms with Gasteiger partial charge in [-0.05, 0) is 37.6 Å². The smallest absolute Gasteiger partial charge is 0.253 e. The van der Waals surface area contributed by atoms with Crippen molar-refractivity contribution < 1.29 is 4.79 Å². The molecule has 0 spiro atoms. The minimum atomic E-state index is 0. The normalized spacial score (nSPS) is 15.3. The topological polar surface area (TPSA) is 68.4 Å². The van der Waals surface area contributed by atoms with E-state index in [4.69, 9.17) is 4.98 Å². The Morgan fingerprint density at radius 1 is 0.946 bits per heavy atom. The van der Waals surface area contributed by atoms with Gasteiger partial charge in [0.05, 0.1) is 18.1 Å². The fourth-order valence-electron chi connectivity index (χ4n) is 5.21. The Morgan fingerprint density at radius 3 is 2.35 bits per heavy atom. The number of aromatic amines is 1. The summed E-state index contributed by atoms with van der Waals surface area (Å²) in [6, 6.07) is 18.8. The summed E-state index contributed by atoms with van der Waals surface area (Å²) in [5, 5.41) is 1.14. The lowest BCUT2D eigenvalue weighted by Gasteiger charge is -2.39. The zero-order valence-electron chi connectivity index (χ0n) is 21.5.